The molecule has 0 spiro atoms. The maximum Gasteiger partial charge on any atom is 0.226 e. The van der Waals surface area contributed by atoms with Crippen molar-refractivity contribution in [3.63, 3.8) is 0 Å². The first-order valence-corrected chi connectivity index (χ1v) is 8.15. The van der Waals surface area contributed by atoms with Crippen molar-refractivity contribution in [2.75, 3.05) is 6.54 Å². The number of carbonyl (C=O) groups excluding carboxylic acids is 1. The van der Waals surface area contributed by atoms with Gasteiger partial charge in [0.05, 0.1) is 5.41 Å². The zero-order valence-corrected chi connectivity index (χ0v) is 13.6. The molecule has 0 aliphatic heterocycles. The summed E-state index contributed by atoms with van der Waals surface area (Å²) in [5.41, 5.74) is 0.708. The Morgan fingerprint density at radius 3 is 2.26 bits per heavy atom. The van der Waals surface area contributed by atoms with Crippen LogP contribution in [0.5, 0.6) is 0 Å². The van der Waals surface area contributed by atoms with E-state index in [4.69, 9.17) is 0 Å². The first-order chi connectivity index (χ1) is 8.74. The van der Waals surface area contributed by atoms with E-state index >= 15 is 0 Å². The van der Waals surface area contributed by atoms with Gasteiger partial charge in [-0.3, -0.25) is 4.79 Å². The van der Waals surface area contributed by atoms with Gasteiger partial charge in [0, 0.05) is 11.0 Å². The van der Waals surface area contributed by atoms with Crippen molar-refractivity contribution in [2.45, 2.75) is 52.4 Å². The number of halogens is 1. The van der Waals surface area contributed by atoms with Crippen LogP contribution in [-0.4, -0.2) is 12.5 Å². The van der Waals surface area contributed by atoms with Gasteiger partial charge in [-0.1, -0.05) is 36.4 Å². The molecule has 4 fully saturated rings. The summed E-state index contributed by atoms with van der Waals surface area (Å²) in [6, 6.07) is 0. The molecule has 0 heterocycles. The van der Waals surface area contributed by atoms with Crippen molar-refractivity contribution < 1.29 is 4.79 Å². The SMILES string of the molecule is C=C(Br)CNC(=O)C12CC3CC(C)(CC(C)(C3)C1)C2. The number of carbonyl (C=O) groups is 1. The van der Waals surface area contributed by atoms with E-state index in [-0.39, 0.29) is 11.3 Å². The minimum atomic E-state index is -0.0919. The fourth-order valence-electron chi connectivity index (χ4n) is 6.06. The molecule has 2 atom stereocenters. The van der Waals surface area contributed by atoms with Gasteiger partial charge in [0.15, 0.2) is 0 Å². The molecule has 0 aromatic rings. The summed E-state index contributed by atoms with van der Waals surface area (Å²) in [7, 11) is 0. The number of amides is 1. The average molecular weight is 326 g/mol. The van der Waals surface area contributed by atoms with Crippen LogP contribution in [0.25, 0.3) is 0 Å². The molecule has 2 nitrogen and oxygen atoms in total. The highest BCUT2D eigenvalue weighted by atomic mass is 79.9. The van der Waals surface area contributed by atoms with Crippen molar-refractivity contribution in [1.82, 2.24) is 5.32 Å². The molecular formula is C16H24BrNO. The summed E-state index contributed by atoms with van der Waals surface area (Å²) < 4.78 is 0.850. The summed E-state index contributed by atoms with van der Waals surface area (Å²) in [5, 5.41) is 3.09. The molecule has 0 saturated heterocycles. The predicted octanol–water partition coefficient (Wildman–Crippen LogP) is 4.01. The van der Waals surface area contributed by atoms with Crippen molar-refractivity contribution >= 4 is 21.8 Å². The Kier molecular flexibility index (Phi) is 2.94. The number of rotatable bonds is 3. The Morgan fingerprint density at radius 1 is 1.21 bits per heavy atom. The Bertz CT molecular complexity index is 426. The van der Waals surface area contributed by atoms with E-state index in [9.17, 15) is 4.79 Å². The van der Waals surface area contributed by atoms with Gasteiger partial charge in [-0.15, -0.1) is 0 Å². The average Bonchev–Trinajstić information content (AvgIpc) is 2.20. The quantitative estimate of drug-likeness (QED) is 0.834. The van der Waals surface area contributed by atoms with Gasteiger partial charge in [0.1, 0.15) is 0 Å². The van der Waals surface area contributed by atoms with Crippen LogP contribution in [0.2, 0.25) is 0 Å². The van der Waals surface area contributed by atoms with Crippen molar-refractivity contribution in [3.05, 3.63) is 11.1 Å². The molecule has 1 N–H and O–H groups in total. The van der Waals surface area contributed by atoms with Gasteiger partial charge in [0.25, 0.3) is 0 Å². The van der Waals surface area contributed by atoms with Gasteiger partial charge >= 0.3 is 0 Å². The molecule has 4 aliphatic rings. The summed E-state index contributed by atoms with van der Waals surface area (Å²) in [4.78, 5) is 12.7. The fraction of sp³-hybridized carbons (Fsp3) is 0.812. The molecule has 4 saturated carbocycles. The third-order valence-electron chi connectivity index (χ3n) is 5.55. The molecule has 4 bridgehead atoms. The number of nitrogens with one attached hydrogen (secondary N) is 1. The maximum atomic E-state index is 12.7. The highest BCUT2D eigenvalue weighted by Gasteiger charge is 2.62. The van der Waals surface area contributed by atoms with Crippen LogP contribution in [0.1, 0.15) is 52.4 Å². The smallest absolute Gasteiger partial charge is 0.226 e. The molecular weight excluding hydrogens is 302 g/mol. The fourth-order valence-corrected chi connectivity index (χ4v) is 6.20. The molecule has 0 aromatic heterocycles. The lowest BCUT2D eigenvalue weighted by Crippen LogP contribution is -2.59. The minimum Gasteiger partial charge on any atom is -0.351 e. The molecule has 19 heavy (non-hydrogen) atoms. The number of hydrogen-bond acceptors (Lipinski definition) is 1. The van der Waals surface area contributed by atoms with Gasteiger partial charge in [-0.05, 0) is 55.3 Å². The van der Waals surface area contributed by atoms with Gasteiger partial charge < -0.3 is 5.32 Å². The molecule has 3 heteroatoms. The third-order valence-corrected chi connectivity index (χ3v) is 5.83. The van der Waals surface area contributed by atoms with Gasteiger partial charge in [-0.25, -0.2) is 0 Å². The third kappa shape index (κ3) is 2.28. The van der Waals surface area contributed by atoms with Gasteiger partial charge in [-0.2, -0.15) is 0 Å². The Balaban J connectivity index is 1.84. The van der Waals surface area contributed by atoms with Crippen molar-refractivity contribution in [1.29, 1.82) is 0 Å². The Morgan fingerprint density at radius 2 is 1.79 bits per heavy atom. The number of hydrogen-bond donors (Lipinski definition) is 1. The molecule has 4 rings (SSSR count). The molecule has 106 valence electrons. The van der Waals surface area contributed by atoms with Crippen LogP contribution in [-0.2, 0) is 4.79 Å². The first kappa shape index (κ1) is 13.7. The second kappa shape index (κ2) is 4.09. The predicted molar refractivity (Wildman–Crippen MR) is 80.9 cm³/mol. The molecule has 2 unspecified atom stereocenters. The monoisotopic (exact) mass is 325 g/mol. The van der Waals surface area contributed by atoms with E-state index in [1.807, 2.05) is 0 Å². The molecule has 4 aliphatic carbocycles. The second-order valence-corrected chi connectivity index (χ2v) is 9.23. The van der Waals surface area contributed by atoms with E-state index in [2.05, 4.69) is 41.7 Å². The summed E-state index contributed by atoms with van der Waals surface area (Å²) >= 11 is 3.32. The normalized spacial score (nSPS) is 47.2. The summed E-state index contributed by atoms with van der Waals surface area (Å²) in [5.74, 6) is 1.04. The van der Waals surface area contributed by atoms with Crippen LogP contribution < -0.4 is 5.32 Å². The van der Waals surface area contributed by atoms with E-state index in [1.165, 1.54) is 19.3 Å². The Hall–Kier alpha value is -0.310. The van der Waals surface area contributed by atoms with Crippen LogP contribution >= 0.6 is 15.9 Å². The largest absolute Gasteiger partial charge is 0.351 e. The lowest BCUT2D eigenvalue weighted by Gasteiger charge is -2.64. The molecule has 0 radical (unpaired) electrons. The summed E-state index contributed by atoms with van der Waals surface area (Å²) in [6.45, 7) is 9.16. The van der Waals surface area contributed by atoms with E-state index in [0.29, 0.717) is 17.4 Å². The van der Waals surface area contributed by atoms with Crippen molar-refractivity contribution in [2.24, 2.45) is 22.2 Å². The van der Waals surface area contributed by atoms with Crippen LogP contribution in [0.3, 0.4) is 0 Å². The standard InChI is InChI=1S/C16H24BrNO/c1-11(17)7-18-13(19)16-6-12-4-14(2,9-16)8-15(3,5-12)10-16/h12H,1,4-10H2,2-3H3,(H,18,19). The van der Waals surface area contributed by atoms with E-state index in [1.54, 1.807) is 0 Å². The lowest BCUT2D eigenvalue weighted by atomic mass is 9.40. The second-order valence-electron chi connectivity index (χ2n) is 8.11. The van der Waals surface area contributed by atoms with E-state index < -0.39 is 0 Å². The van der Waals surface area contributed by atoms with Gasteiger partial charge in [0.2, 0.25) is 5.91 Å². The maximum absolute atomic E-state index is 12.7. The highest BCUT2D eigenvalue weighted by Crippen LogP contribution is 2.69. The van der Waals surface area contributed by atoms with Crippen LogP contribution in [0.15, 0.2) is 11.1 Å². The molecule has 0 aromatic carbocycles. The minimum absolute atomic E-state index is 0.0919. The van der Waals surface area contributed by atoms with Crippen LogP contribution in [0, 0.1) is 22.2 Å². The lowest BCUT2D eigenvalue weighted by molar-refractivity contribution is -0.169. The summed E-state index contributed by atoms with van der Waals surface area (Å²) in [6.07, 6.45) is 7.28. The van der Waals surface area contributed by atoms with Crippen molar-refractivity contribution in [3.8, 4) is 0 Å². The van der Waals surface area contributed by atoms with Crippen LogP contribution in [0.4, 0.5) is 0 Å². The Labute approximate surface area is 124 Å². The zero-order chi connectivity index (χ0) is 13.9. The zero-order valence-electron chi connectivity index (χ0n) is 12.0. The topological polar surface area (TPSA) is 29.1 Å². The molecule has 1 amide bonds. The van der Waals surface area contributed by atoms with E-state index in [0.717, 1.165) is 29.7 Å². The first-order valence-electron chi connectivity index (χ1n) is 7.36. The highest BCUT2D eigenvalue weighted by molar-refractivity contribution is 9.11.